The molecule has 1 unspecified atom stereocenters. The van der Waals surface area contributed by atoms with Crippen LogP contribution in [0.25, 0.3) is 60.7 Å². The minimum atomic E-state index is 0.421. The summed E-state index contributed by atoms with van der Waals surface area (Å²) in [7, 11) is 0. The Bertz CT molecular complexity index is 2700. The molecule has 0 bridgehead atoms. The second-order valence-electron chi connectivity index (χ2n) is 13.5. The van der Waals surface area contributed by atoms with Gasteiger partial charge in [0.25, 0.3) is 0 Å². The van der Waals surface area contributed by atoms with E-state index in [4.69, 9.17) is 6.58 Å². The topological polar surface area (TPSA) is 13.1 Å². The van der Waals surface area contributed by atoms with Crippen LogP contribution in [-0.2, 0) is 0 Å². The summed E-state index contributed by atoms with van der Waals surface area (Å²) >= 11 is 0. The molecule has 3 heteroatoms. The van der Waals surface area contributed by atoms with E-state index >= 15 is 0 Å². The molecule has 0 radical (unpaired) electrons. The molecule has 0 N–H and O–H groups in total. The third kappa shape index (κ3) is 5.04. The maximum atomic E-state index is 4.71. The lowest BCUT2D eigenvalue weighted by Crippen LogP contribution is -2.17. The number of anilines is 2. The molecule has 9 rings (SSSR count). The molecule has 0 fully saturated rings. The second kappa shape index (κ2) is 12.5. The molecule has 0 aliphatic rings. The Morgan fingerprint density at radius 2 is 1.04 bits per heavy atom. The van der Waals surface area contributed by atoms with Crippen molar-refractivity contribution in [2.24, 2.45) is 0 Å². The van der Waals surface area contributed by atoms with Gasteiger partial charge in [0.05, 0.1) is 22.1 Å². The average molecular weight is 658 g/mol. The second-order valence-corrected chi connectivity index (χ2v) is 13.5. The Kier molecular flexibility index (Phi) is 7.55. The zero-order valence-electron chi connectivity index (χ0n) is 29.0. The molecule has 2 heterocycles. The average Bonchev–Trinajstić information content (AvgIpc) is 3.69. The van der Waals surface area contributed by atoms with Gasteiger partial charge in [-0.1, -0.05) is 124 Å². The first-order chi connectivity index (χ1) is 25.1. The molecule has 1 atom stereocenters. The van der Waals surface area contributed by atoms with Gasteiger partial charge in [-0.3, -0.25) is 0 Å². The molecular weight excluding hydrogens is 619 g/mol. The van der Waals surface area contributed by atoms with Crippen molar-refractivity contribution in [3.8, 4) is 11.4 Å². The molecule has 0 aliphatic heterocycles. The van der Waals surface area contributed by atoms with Crippen LogP contribution in [0.3, 0.4) is 0 Å². The van der Waals surface area contributed by atoms with Crippen LogP contribution in [0.1, 0.15) is 37.3 Å². The van der Waals surface area contributed by atoms with Gasteiger partial charge in [0, 0.05) is 50.0 Å². The first kappa shape index (κ1) is 30.7. The number of hydrogen-bond donors (Lipinski definition) is 0. The number of benzene rings is 7. The van der Waals surface area contributed by atoms with Crippen molar-refractivity contribution < 1.29 is 0 Å². The summed E-state index contributed by atoms with van der Waals surface area (Å²) in [5.74, 6) is 0.421. The summed E-state index contributed by atoms with van der Waals surface area (Å²) < 4.78 is 4.81. The third-order valence-electron chi connectivity index (χ3n) is 10.5. The van der Waals surface area contributed by atoms with Crippen molar-refractivity contribution in [3.63, 3.8) is 0 Å². The van der Waals surface area contributed by atoms with E-state index in [2.05, 4.69) is 198 Å². The number of para-hydroxylation sites is 5. The number of hydrogen-bond acceptors (Lipinski definition) is 1. The highest BCUT2D eigenvalue weighted by atomic mass is 15.2. The van der Waals surface area contributed by atoms with Crippen LogP contribution in [0.15, 0.2) is 176 Å². The van der Waals surface area contributed by atoms with Gasteiger partial charge in [-0.25, -0.2) is 0 Å². The number of rotatable bonds is 8. The molecule has 51 heavy (non-hydrogen) atoms. The third-order valence-corrected chi connectivity index (χ3v) is 10.5. The van der Waals surface area contributed by atoms with E-state index < -0.39 is 0 Å². The Morgan fingerprint density at radius 1 is 0.529 bits per heavy atom. The van der Waals surface area contributed by atoms with E-state index in [0.717, 1.165) is 34.7 Å². The van der Waals surface area contributed by atoms with Crippen molar-refractivity contribution in [3.05, 3.63) is 188 Å². The fraction of sp³-hybridized carbons (Fsp3) is 0.0833. The maximum Gasteiger partial charge on any atom is 0.0562 e. The maximum absolute atomic E-state index is 4.71. The van der Waals surface area contributed by atoms with Gasteiger partial charge < -0.3 is 14.0 Å². The van der Waals surface area contributed by atoms with Gasteiger partial charge in [0.15, 0.2) is 0 Å². The van der Waals surface area contributed by atoms with Crippen LogP contribution in [-0.4, -0.2) is 9.13 Å². The quantitative estimate of drug-likeness (QED) is 0.158. The molecule has 9 aromatic rings. The summed E-state index contributed by atoms with van der Waals surface area (Å²) in [4.78, 5) is 2.32. The van der Waals surface area contributed by atoms with E-state index in [1.165, 1.54) is 54.9 Å². The van der Waals surface area contributed by atoms with Crippen LogP contribution < -0.4 is 4.90 Å². The molecule has 0 spiro atoms. The molecule has 3 nitrogen and oxygen atoms in total. The molecule has 0 saturated carbocycles. The Morgan fingerprint density at radius 3 is 1.65 bits per heavy atom. The van der Waals surface area contributed by atoms with Gasteiger partial charge in [0.1, 0.15) is 0 Å². The molecule has 2 aromatic heterocycles. The first-order valence-electron chi connectivity index (χ1n) is 17.9. The smallest absolute Gasteiger partial charge is 0.0562 e. The predicted octanol–water partition coefficient (Wildman–Crippen LogP) is 13.2. The van der Waals surface area contributed by atoms with Crippen molar-refractivity contribution in [1.82, 2.24) is 9.13 Å². The molecule has 246 valence electrons. The standard InChI is InChI=1S/C48H39N3/c1-4-33(2)39-21-11-14-24-44(39)49(36-17-7-5-8-18-36)34(3)35-27-29-38(30-28-35)51-46-26-16-13-23-41(46)43-31-42-40-22-12-15-25-45(40)50(47(42)32-48(43)51)37-19-9-6-10-20-37/h5-33H,3-4H2,1-2H3. The Hall–Kier alpha value is -6.32. The summed E-state index contributed by atoms with van der Waals surface area (Å²) in [5, 5.41) is 5.02. The minimum Gasteiger partial charge on any atom is -0.310 e. The molecule has 0 amide bonds. The lowest BCUT2D eigenvalue weighted by molar-refractivity contribution is 0.733. The van der Waals surface area contributed by atoms with Crippen molar-refractivity contribution in [1.29, 1.82) is 0 Å². The minimum absolute atomic E-state index is 0.421. The SMILES string of the molecule is C=C(c1ccc(-n2c3ccccc3c3cc4c5ccccc5n(-c5ccccc5)c4cc32)cc1)N(c1ccccc1)c1ccccc1C(C)CC. The van der Waals surface area contributed by atoms with Gasteiger partial charge in [-0.15, -0.1) is 0 Å². The van der Waals surface area contributed by atoms with E-state index in [0.29, 0.717) is 5.92 Å². The van der Waals surface area contributed by atoms with E-state index in [1.807, 2.05) is 0 Å². The lowest BCUT2D eigenvalue weighted by atomic mass is 9.95. The normalized spacial score (nSPS) is 12.2. The Labute approximate surface area is 298 Å². The summed E-state index contributed by atoms with van der Waals surface area (Å²) in [6, 6.07) is 61.3. The fourth-order valence-electron chi connectivity index (χ4n) is 7.84. The molecule has 7 aromatic carbocycles. The highest BCUT2D eigenvalue weighted by molar-refractivity contribution is 6.19. The largest absolute Gasteiger partial charge is 0.310 e. The first-order valence-corrected chi connectivity index (χ1v) is 17.9. The lowest BCUT2D eigenvalue weighted by Gasteiger charge is -2.31. The van der Waals surface area contributed by atoms with E-state index in [9.17, 15) is 0 Å². The van der Waals surface area contributed by atoms with Crippen molar-refractivity contribution in [2.45, 2.75) is 26.2 Å². The fourth-order valence-corrected chi connectivity index (χ4v) is 7.84. The zero-order valence-corrected chi connectivity index (χ0v) is 29.0. The number of aromatic nitrogens is 2. The summed E-state index contributed by atoms with van der Waals surface area (Å²) in [6.07, 6.45) is 1.07. The van der Waals surface area contributed by atoms with Gasteiger partial charge in [0.2, 0.25) is 0 Å². The number of nitrogens with zero attached hydrogens (tertiary/aromatic N) is 3. The van der Waals surface area contributed by atoms with Crippen LogP contribution in [0, 0.1) is 0 Å². The highest BCUT2D eigenvalue weighted by Crippen LogP contribution is 2.41. The van der Waals surface area contributed by atoms with Gasteiger partial charge in [-0.2, -0.15) is 0 Å². The van der Waals surface area contributed by atoms with Crippen LogP contribution >= 0.6 is 0 Å². The monoisotopic (exact) mass is 657 g/mol. The predicted molar refractivity (Wildman–Crippen MR) is 218 cm³/mol. The number of fused-ring (bicyclic) bond motifs is 6. The van der Waals surface area contributed by atoms with E-state index in [1.54, 1.807) is 0 Å². The molecule has 0 aliphatic carbocycles. The summed E-state index contributed by atoms with van der Waals surface area (Å²) in [5.41, 5.74) is 12.7. The Balaban J connectivity index is 1.21. The van der Waals surface area contributed by atoms with Crippen molar-refractivity contribution in [2.75, 3.05) is 4.90 Å². The van der Waals surface area contributed by atoms with Crippen LogP contribution in [0.5, 0.6) is 0 Å². The van der Waals surface area contributed by atoms with Crippen molar-refractivity contribution >= 4 is 60.7 Å². The van der Waals surface area contributed by atoms with Crippen LogP contribution in [0.4, 0.5) is 11.4 Å². The summed E-state index contributed by atoms with van der Waals surface area (Å²) in [6.45, 7) is 9.26. The van der Waals surface area contributed by atoms with Gasteiger partial charge in [-0.05, 0) is 90.2 Å². The van der Waals surface area contributed by atoms with E-state index in [-0.39, 0.29) is 0 Å². The molecule has 0 saturated heterocycles. The highest BCUT2D eigenvalue weighted by Gasteiger charge is 2.21. The van der Waals surface area contributed by atoms with Gasteiger partial charge >= 0.3 is 0 Å². The zero-order chi connectivity index (χ0) is 34.5. The molecular formula is C48H39N3. The van der Waals surface area contributed by atoms with Crippen LogP contribution in [0.2, 0.25) is 0 Å².